The quantitative estimate of drug-likeness (QED) is 0.597. The average Bonchev–Trinajstić information content (AvgIpc) is 3.21. The van der Waals surface area contributed by atoms with Crippen molar-refractivity contribution in [3.8, 4) is 5.75 Å². The highest BCUT2D eigenvalue weighted by molar-refractivity contribution is 5.94. The zero-order valence-corrected chi connectivity index (χ0v) is 17.6. The summed E-state index contributed by atoms with van der Waals surface area (Å²) in [5.41, 5.74) is 5.72. The van der Waals surface area contributed by atoms with Gasteiger partial charge in [0.15, 0.2) is 0 Å². The molecule has 0 saturated carbocycles. The highest BCUT2D eigenvalue weighted by Crippen LogP contribution is 2.29. The summed E-state index contributed by atoms with van der Waals surface area (Å²) < 4.78 is 5.22. The molecule has 0 saturated heterocycles. The molecule has 1 heterocycles. The monoisotopic (exact) mass is 400 g/mol. The lowest BCUT2D eigenvalue weighted by Crippen LogP contribution is -2.28. The first-order valence-corrected chi connectivity index (χ1v) is 10.5. The zero-order valence-electron chi connectivity index (χ0n) is 17.6. The summed E-state index contributed by atoms with van der Waals surface area (Å²) in [6.07, 6.45) is 1.92. The Morgan fingerprint density at radius 2 is 1.77 bits per heavy atom. The van der Waals surface area contributed by atoms with Crippen LogP contribution in [-0.4, -0.2) is 19.6 Å². The number of carbonyl (C=O) groups excluding carboxylic acids is 1. The maximum Gasteiger partial charge on any atom is 0.251 e. The molecule has 1 N–H and O–H groups in total. The minimum absolute atomic E-state index is 0.0239. The number of amides is 1. The normalized spacial score (nSPS) is 13.6. The maximum absolute atomic E-state index is 12.8. The lowest BCUT2D eigenvalue weighted by Gasteiger charge is -2.20. The van der Waals surface area contributed by atoms with Gasteiger partial charge in [-0.15, -0.1) is 0 Å². The third-order valence-corrected chi connectivity index (χ3v) is 5.80. The molecular formula is C26H28N2O2. The van der Waals surface area contributed by atoms with Crippen LogP contribution in [-0.2, 0) is 13.0 Å². The van der Waals surface area contributed by atoms with Gasteiger partial charge in [-0.1, -0.05) is 49.4 Å². The van der Waals surface area contributed by atoms with Gasteiger partial charge in [-0.25, -0.2) is 0 Å². The van der Waals surface area contributed by atoms with Gasteiger partial charge in [-0.2, -0.15) is 0 Å². The van der Waals surface area contributed by atoms with Crippen LogP contribution in [0.3, 0.4) is 0 Å². The van der Waals surface area contributed by atoms with Crippen LogP contribution in [0.5, 0.6) is 5.75 Å². The summed E-state index contributed by atoms with van der Waals surface area (Å²) in [5, 5.41) is 3.15. The van der Waals surface area contributed by atoms with Crippen molar-refractivity contribution in [2.45, 2.75) is 32.4 Å². The second-order valence-electron chi connectivity index (χ2n) is 7.70. The first kappa shape index (κ1) is 20.0. The predicted molar refractivity (Wildman–Crippen MR) is 121 cm³/mol. The van der Waals surface area contributed by atoms with Crippen molar-refractivity contribution < 1.29 is 9.53 Å². The Balaban J connectivity index is 1.40. The molecule has 1 aliphatic rings. The van der Waals surface area contributed by atoms with Crippen LogP contribution in [0.4, 0.5) is 5.69 Å². The van der Waals surface area contributed by atoms with E-state index in [2.05, 4.69) is 53.5 Å². The number of benzene rings is 3. The lowest BCUT2D eigenvalue weighted by molar-refractivity contribution is 0.0935. The first-order valence-electron chi connectivity index (χ1n) is 10.5. The van der Waals surface area contributed by atoms with Crippen molar-refractivity contribution in [3.05, 3.63) is 95.1 Å². The van der Waals surface area contributed by atoms with Crippen LogP contribution in [0.25, 0.3) is 0 Å². The SMILES string of the molecule is CCC(NC(=O)c1ccc(CN2CCc3ccccc32)cc1)c1ccc(OC)cc1. The van der Waals surface area contributed by atoms with Gasteiger partial charge in [0.05, 0.1) is 13.2 Å². The average molecular weight is 401 g/mol. The number of nitrogens with zero attached hydrogens (tertiary/aromatic N) is 1. The number of hydrogen-bond donors (Lipinski definition) is 1. The topological polar surface area (TPSA) is 41.6 Å². The molecule has 1 amide bonds. The Morgan fingerprint density at radius 3 is 2.47 bits per heavy atom. The minimum Gasteiger partial charge on any atom is -0.497 e. The summed E-state index contributed by atoms with van der Waals surface area (Å²) >= 11 is 0. The smallest absolute Gasteiger partial charge is 0.251 e. The van der Waals surface area contributed by atoms with E-state index in [1.807, 2.05) is 36.4 Å². The number of hydrogen-bond acceptors (Lipinski definition) is 3. The highest BCUT2D eigenvalue weighted by atomic mass is 16.5. The molecule has 4 rings (SSSR count). The van der Waals surface area contributed by atoms with E-state index in [0.29, 0.717) is 5.56 Å². The number of nitrogens with one attached hydrogen (secondary N) is 1. The molecule has 0 radical (unpaired) electrons. The van der Waals surface area contributed by atoms with E-state index in [0.717, 1.165) is 37.2 Å². The molecule has 0 aromatic heterocycles. The van der Waals surface area contributed by atoms with E-state index in [1.165, 1.54) is 16.8 Å². The number of methoxy groups -OCH3 is 1. The molecule has 3 aromatic carbocycles. The van der Waals surface area contributed by atoms with E-state index in [9.17, 15) is 4.79 Å². The second kappa shape index (κ2) is 9.04. The first-order chi connectivity index (χ1) is 14.7. The molecule has 0 fully saturated rings. The van der Waals surface area contributed by atoms with Crippen LogP contribution in [0.15, 0.2) is 72.8 Å². The van der Waals surface area contributed by atoms with Crippen molar-refractivity contribution in [3.63, 3.8) is 0 Å². The predicted octanol–water partition coefficient (Wildman–Crippen LogP) is 5.14. The van der Waals surface area contributed by atoms with Gasteiger partial charge in [-0.3, -0.25) is 4.79 Å². The Labute approximate surface area is 178 Å². The van der Waals surface area contributed by atoms with E-state index >= 15 is 0 Å². The van der Waals surface area contributed by atoms with Gasteiger partial charge in [0.25, 0.3) is 5.91 Å². The molecule has 4 nitrogen and oxygen atoms in total. The fourth-order valence-electron chi connectivity index (χ4n) is 4.05. The third kappa shape index (κ3) is 4.33. The second-order valence-corrected chi connectivity index (χ2v) is 7.70. The van der Waals surface area contributed by atoms with Gasteiger partial charge in [-0.05, 0) is 59.9 Å². The van der Waals surface area contributed by atoms with Crippen molar-refractivity contribution in [1.82, 2.24) is 5.32 Å². The molecule has 3 aromatic rings. The minimum atomic E-state index is -0.0456. The number of para-hydroxylation sites is 1. The summed E-state index contributed by atoms with van der Waals surface area (Å²) in [6, 6.07) is 24.4. The van der Waals surface area contributed by atoms with Gasteiger partial charge >= 0.3 is 0 Å². The van der Waals surface area contributed by atoms with Crippen molar-refractivity contribution >= 4 is 11.6 Å². The van der Waals surface area contributed by atoms with Crippen LogP contribution >= 0.6 is 0 Å². The van der Waals surface area contributed by atoms with E-state index < -0.39 is 0 Å². The lowest BCUT2D eigenvalue weighted by atomic mass is 10.0. The van der Waals surface area contributed by atoms with E-state index in [4.69, 9.17) is 4.74 Å². The fourth-order valence-corrected chi connectivity index (χ4v) is 4.05. The molecule has 0 bridgehead atoms. The Kier molecular flexibility index (Phi) is 6.03. The third-order valence-electron chi connectivity index (χ3n) is 5.80. The van der Waals surface area contributed by atoms with Crippen LogP contribution in [0.2, 0.25) is 0 Å². The molecule has 1 atom stereocenters. The summed E-state index contributed by atoms with van der Waals surface area (Å²) in [4.78, 5) is 15.2. The van der Waals surface area contributed by atoms with Crippen molar-refractivity contribution in [2.75, 3.05) is 18.6 Å². The van der Waals surface area contributed by atoms with Crippen LogP contribution in [0, 0.1) is 0 Å². The van der Waals surface area contributed by atoms with Crippen molar-refractivity contribution in [2.24, 2.45) is 0 Å². The van der Waals surface area contributed by atoms with Gasteiger partial charge in [0.2, 0.25) is 0 Å². The molecule has 154 valence electrons. The Bertz CT molecular complexity index is 996. The Morgan fingerprint density at radius 1 is 1.03 bits per heavy atom. The molecule has 1 unspecified atom stereocenters. The number of ether oxygens (including phenoxy) is 1. The Hall–Kier alpha value is -3.27. The zero-order chi connectivity index (χ0) is 20.9. The van der Waals surface area contributed by atoms with Gasteiger partial charge < -0.3 is 15.0 Å². The van der Waals surface area contributed by atoms with Gasteiger partial charge in [0, 0.05) is 24.3 Å². The number of rotatable bonds is 7. The molecule has 0 spiro atoms. The van der Waals surface area contributed by atoms with E-state index in [-0.39, 0.29) is 11.9 Å². The number of carbonyl (C=O) groups is 1. The largest absolute Gasteiger partial charge is 0.497 e. The number of anilines is 1. The van der Waals surface area contributed by atoms with Gasteiger partial charge in [0.1, 0.15) is 5.75 Å². The molecular weight excluding hydrogens is 372 g/mol. The van der Waals surface area contributed by atoms with E-state index in [1.54, 1.807) is 7.11 Å². The van der Waals surface area contributed by atoms with Crippen LogP contribution in [0.1, 0.15) is 46.4 Å². The highest BCUT2D eigenvalue weighted by Gasteiger charge is 2.19. The van der Waals surface area contributed by atoms with Crippen LogP contribution < -0.4 is 15.0 Å². The summed E-state index contributed by atoms with van der Waals surface area (Å²) in [7, 11) is 1.65. The molecule has 30 heavy (non-hydrogen) atoms. The molecule has 4 heteroatoms. The summed E-state index contributed by atoms with van der Waals surface area (Å²) in [5.74, 6) is 0.770. The maximum atomic E-state index is 12.8. The molecule has 0 aliphatic carbocycles. The fraction of sp³-hybridized carbons (Fsp3) is 0.269. The number of fused-ring (bicyclic) bond motifs is 1. The standard InChI is InChI=1S/C26H28N2O2/c1-3-24(20-12-14-23(30-2)15-13-20)27-26(29)22-10-8-19(9-11-22)18-28-17-16-21-6-4-5-7-25(21)28/h4-15,24H,3,16-18H2,1-2H3,(H,27,29). The summed E-state index contributed by atoms with van der Waals surface area (Å²) in [6.45, 7) is 3.98. The molecule has 1 aliphatic heterocycles. The van der Waals surface area contributed by atoms with Crippen molar-refractivity contribution in [1.29, 1.82) is 0 Å².